The van der Waals surface area contributed by atoms with Crippen molar-refractivity contribution in [1.29, 1.82) is 0 Å². The summed E-state index contributed by atoms with van der Waals surface area (Å²) in [6.45, 7) is 23.4. The van der Waals surface area contributed by atoms with Gasteiger partial charge < -0.3 is 4.90 Å². The Morgan fingerprint density at radius 3 is 1.44 bits per heavy atom. The van der Waals surface area contributed by atoms with Crippen LogP contribution in [0.15, 0.2) is 91.0 Å². The molecular weight excluding hydrogens is 518 g/mol. The molecule has 0 radical (unpaired) electrons. The first kappa shape index (κ1) is 28.0. The van der Waals surface area contributed by atoms with Gasteiger partial charge in [0, 0.05) is 27.9 Å². The summed E-state index contributed by atoms with van der Waals surface area (Å²) in [6.07, 6.45) is 0. The van der Waals surface area contributed by atoms with Gasteiger partial charge in [0.1, 0.15) is 0 Å². The van der Waals surface area contributed by atoms with Crippen molar-refractivity contribution in [2.24, 2.45) is 0 Å². The zero-order valence-corrected chi connectivity index (χ0v) is 27.6. The van der Waals surface area contributed by atoms with Gasteiger partial charge in [0.25, 0.3) is 0 Å². The molecule has 0 spiro atoms. The van der Waals surface area contributed by atoms with Crippen LogP contribution in [0, 0.1) is 0 Å². The number of nitrogens with zero attached hydrogens (tertiary/aromatic N) is 1. The van der Waals surface area contributed by atoms with E-state index in [1.165, 1.54) is 72.3 Å². The van der Waals surface area contributed by atoms with E-state index >= 15 is 0 Å². The van der Waals surface area contributed by atoms with Crippen molar-refractivity contribution in [1.82, 2.24) is 0 Å². The van der Waals surface area contributed by atoms with E-state index < -0.39 is 0 Å². The highest BCUT2D eigenvalue weighted by Gasteiger charge is 2.45. The molecule has 218 valence electrons. The smallest absolute Gasteiger partial charge is 0.0468 e. The van der Waals surface area contributed by atoms with Crippen LogP contribution >= 0.6 is 0 Å². The van der Waals surface area contributed by atoms with Gasteiger partial charge in [0.05, 0.1) is 0 Å². The lowest BCUT2D eigenvalue weighted by molar-refractivity contribution is 0.590. The van der Waals surface area contributed by atoms with E-state index in [0.717, 1.165) is 0 Å². The fraction of sp³-hybridized carbons (Fsp3) is 0.333. The van der Waals surface area contributed by atoms with Crippen LogP contribution in [0.5, 0.6) is 0 Å². The van der Waals surface area contributed by atoms with Crippen molar-refractivity contribution in [3.63, 3.8) is 0 Å². The third kappa shape index (κ3) is 4.04. The van der Waals surface area contributed by atoms with Crippen LogP contribution in [0.4, 0.5) is 17.1 Å². The van der Waals surface area contributed by atoms with E-state index in [4.69, 9.17) is 0 Å². The van der Waals surface area contributed by atoms with Crippen molar-refractivity contribution in [2.75, 3.05) is 4.90 Å². The molecule has 5 aromatic carbocycles. The van der Waals surface area contributed by atoms with E-state index in [-0.39, 0.29) is 21.7 Å². The summed E-state index contributed by atoms with van der Waals surface area (Å²) in [6, 6.07) is 35.0. The first-order valence-electron chi connectivity index (χ1n) is 15.9. The lowest BCUT2D eigenvalue weighted by atomic mass is 9.68. The lowest BCUT2D eigenvalue weighted by Crippen LogP contribution is -2.25. The van der Waals surface area contributed by atoms with Crippen LogP contribution in [0.3, 0.4) is 0 Å². The monoisotopic (exact) mass is 563 g/mol. The molecule has 0 heterocycles. The Morgan fingerprint density at radius 2 is 0.953 bits per heavy atom. The Kier molecular flexibility index (Phi) is 5.76. The average molecular weight is 564 g/mol. The number of hydrogen-bond donors (Lipinski definition) is 0. The molecule has 1 nitrogen and oxygen atoms in total. The van der Waals surface area contributed by atoms with E-state index in [0.29, 0.717) is 0 Å². The number of anilines is 3. The zero-order chi connectivity index (χ0) is 30.7. The second-order valence-corrected chi connectivity index (χ2v) is 16.0. The highest BCUT2D eigenvalue weighted by Crippen LogP contribution is 2.60. The number of hydrogen-bond acceptors (Lipinski definition) is 1. The van der Waals surface area contributed by atoms with Crippen LogP contribution < -0.4 is 4.90 Å². The Morgan fingerprint density at radius 1 is 0.465 bits per heavy atom. The highest BCUT2D eigenvalue weighted by atomic mass is 15.1. The largest absolute Gasteiger partial charge is 0.310 e. The molecule has 0 aliphatic heterocycles. The summed E-state index contributed by atoms with van der Waals surface area (Å²) < 4.78 is 0. The van der Waals surface area contributed by atoms with Gasteiger partial charge >= 0.3 is 0 Å². The first-order valence-corrected chi connectivity index (χ1v) is 15.9. The molecule has 7 rings (SSSR count). The first-order chi connectivity index (χ1) is 20.1. The van der Waals surface area contributed by atoms with Gasteiger partial charge in [-0.05, 0) is 103 Å². The van der Waals surface area contributed by atoms with Gasteiger partial charge in [-0.3, -0.25) is 0 Å². The summed E-state index contributed by atoms with van der Waals surface area (Å²) in [4.78, 5) is 2.47. The van der Waals surface area contributed by atoms with E-state index in [1.807, 2.05) is 0 Å². The van der Waals surface area contributed by atoms with Gasteiger partial charge in [-0.15, -0.1) is 0 Å². The maximum absolute atomic E-state index is 2.49. The van der Waals surface area contributed by atoms with Crippen molar-refractivity contribution >= 4 is 27.8 Å². The minimum Gasteiger partial charge on any atom is -0.310 e. The molecule has 0 saturated carbocycles. The molecule has 0 N–H and O–H groups in total. The fourth-order valence-corrected chi connectivity index (χ4v) is 7.65. The minimum atomic E-state index is -0.122. The molecule has 0 atom stereocenters. The normalized spacial score (nSPS) is 16.0. The third-order valence-electron chi connectivity index (χ3n) is 10.4. The Bertz CT molecular complexity index is 1850. The number of benzene rings is 5. The number of rotatable bonds is 3. The molecular formula is C42H45N. The molecule has 5 aromatic rings. The van der Waals surface area contributed by atoms with Crippen molar-refractivity contribution in [3.05, 3.63) is 124 Å². The summed E-state index contributed by atoms with van der Waals surface area (Å²) >= 11 is 0. The molecule has 0 amide bonds. The molecule has 0 aromatic heterocycles. The van der Waals surface area contributed by atoms with Gasteiger partial charge in [-0.2, -0.15) is 0 Å². The molecule has 0 bridgehead atoms. The second-order valence-electron chi connectivity index (χ2n) is 16.0. The lowest BCUT2D eigenvalue weighted by Gasteiger charge is -2.37. The Hall–Kier alpha value is -3.84. The standard InChI is InChI=1S/C42H45N/c1-39(2,3)27-15-19-29(20-16-27)43(30-21-17-28(18-22-30)40(4,5)6)31-24-34-37-35(25-31)42(9,10)33-23-14-26-12-11-13-32(41(34,7)8)36(26)38(33)37/h11-25H,1-10H3. The summed E-state index contributed by atoms with van der Waals surface area (Å²) in [7, 11) is 0. The van der Waals surface area contributed by atoms with Crippen molar-refractivity contribution < 1.29 is 0 Å². The van der Waals surface area contributed by atoms with Gasteiger partial charge in [0.2, 0.25) is 0 Å². The minimum absolute atomic E-state index is 0.0883. The van der Waals surface area contributed by atoms with Crippen LogP contribution in [-0.4, -0.2) is 0 Å². The molecule has 2 aliphatic rings. The maximum Gasteiger partial charge on any atom is 0.0468 e. The van der Waals surface area contributed by atoms with Gasteiger partial charge in [-0.25, -0.2) is 0 Å². The predicted molar refractivity (Wildman–Crippen MR) is 186 cm³/mol. The van der Waals surface area contributed by atoms with Crippen LogP contribution in [0.25, 0.3) is 21.9 Å². The second kappa shape index (κ2) is 8.85. The van der Waals surface area contributed by atoms with Crippen molar-refractivity contribution in [2.45, 2.75) is 90.9 Å². The topological polar surface area (TPSA) is 3.24 Å². The maximum atomic E-state index is 2.49. The van der Waals surface area contributed by atoms with Gasteiger partial charge in [0.15, 0.2) is 0 Å². The molecule has 1 heteroatoms. The summed E-state index contributed by atoms with van der Waals surface area (Å²) in [5.74, 6) is 0. The van der Waals surface area contributed by atoms with E-state index in [1.54, 1.807) is 0 Å². The molecule has 2 aliphatic carbocycles. The molecule has 0 saturated heterocycles. The highest BCUT2D eigenvalue weighted by molar-refractivity contribution is 6.08. The average Bonchev–Trinajstić information content (AvgIpc) is 3.18. The molecule has 0 unspecified atom stereocenters. The van der Waals surface area contributed by atoms with Crippen LogP contribution in [0.2, 0.25) is 0 Å². The van der Waals surface area contributed by atoms with Crippen LogP contribution in [-0.2, 0) is 21.7 Å². The zero-order valence-electron chi connectivity index (χ0n) is 27.6. The predicted octanol–water partition coefficient (Wildman–Crippen LogP) is 11.9. The third-order valence-corrected chi connectivity index (χ3v) is 10.4. The molecule has 0 fully saturated rings. The summed E-state index contributed by atoms with van der Waals surface area (Å²) in [5, 5.41) is 2.80. The van der Waals surface area contributed by atoms with Crippen molar-refractivity contribution in [3.8, 4) is 11.1 Å². The van der Waals surface area contributed by atoms with E-state index in [2.05, 4.69) is 165 Å². The Balaban J connectivity index is 1.50. The molecule has 43 heavy (non-hydrogen) atoms. The quantitative estimate of drug-likeness (QED) is 0.211. The van der Waals surface area contributed by atoms with E-state index in [9.17, 15) is 0 Å². The summed E-state index contributed by atoms with van der Waals surface area (Å²) in [5.41, 5.74) is 15.0. The fourth-order valence-electron chi connectivity index (χ4n) is 7.65. The SMILES string of the molecule is CC(C)(C)c1ccc(N(c2ccc(C(C)(C)C)cc2)c2cc3c4c(c2)C(C)(C)c2cccc5ccc(c-4c25)C3(C)C)cc1. The Labute approximate surface area is 258 Å². The van der Waals surface area contributed by atoms with Gasteiger partial charge in [-0.1, -0.05) is 124 Å². The van der Waals surface area contributed by atoms with Crippen LogP contribution in [0.1, 0.15) is 103 Å².